The van der Waals surface area contributed by atoms with Crippen molar-refractivity contribution in [2.45, 2.75) is 18.9 Å². The van der Waals surface area contributed by atoms with Gasteiger partial charge in [0.2, 0.25) is 0 Å². The van der Waals surface area contributed by atoms with Gasteiger partial charge in [-0.2, -0.15) is 0 Å². The van der Waals surface area contributed by atoms with Gasteiger partial charge in [-0.1, -0.05) is 0 Å². The highest BCUT2D eigenvalue weighted by molar-refractivity contribution is 4.89. The van der Waals surface area contributed by atoms with Crippen molar-refractivity contribution in [1.82, 2.24) is 10.2 Å². The number of rotatable bonds is 0. The standard InChI is InChI=1S/C8H16N2/c1-10-5-3-7-6-9-4-2-8(7)10/h7-9H,2-6H2,1H3/t7-,8+/m0/s1. The van der Waals surface area contributed by atoms with Crippen molar-refractivity contribution in [3.63, 3.8) is 0 Å². The van der Waals surface area contributed by atoms with Gasteiger partial charge in [-0.25, -0.2) is 0 Å². The molecule has 2 aliphatic heterocycles. The fourth-order valence-corrected chi connectivity index (χ4v) is 2.32. The average Bonchev–Trinajstić information content (AvgIpc) is 2.34. The maximum atomic E-state index is 3.45. The van der Waals surface area contributed by atoms with Crippen molar-refractivity contribution in [1.29, 1.82) is 0 Å². The van der Waals surface area contributed by atoms with E-state index >= 15 is 0 Å². The lowest BCUT2D eigenvalue weighted by Crippen LogP contribution is -2.42. The van der Waals surface area contributed by atoms with Gasteiger partial charge in [0.25, 0.3) is 0 Å². The van der Waals surface area contributed by atoms with Crippen LogP contribution in [0.1, 0.15) is 12.8 Å². The first-order chi connectivity index (χ1) is 4.88. The fraction of sp³-hybridized carbons (Fsp3) is 1.00. The highest BCUT2D eigenvalue weighted by atomic mass is 15.2. The van der Waals surface area contributed by atoms with Crippen molar-refractivity contribution in [2.75, 3.05) is 26.7 Å². The van der Waals surface area contributed by atoms with E-state index in [-0.39, 0.29) is 0 Å². The minimum atomic E-state index is 0.904. The predicted octanol–water partition coefficient (Wildman–Crippen LogP) is 0.300. The summed E-state index contributed by atoms with van der Waals surface area (Å²) in [4.78, 5) is 2.52. The molecule has 2 heteroatoms. The Hall–Kier alpha value is -0.0800. The number of nitrogens with one attached hydrogen (secondary N) is 1. The molecule has 0 unspecified atom stereocenters. The Labute approximate surface area is 62.6 Å². The monoisotopic (exact) mass is 140 g/mol. The summed E-state index contributed by atoms with van der Waals surface area (Å²) in [5.41, 5.74) is 0. The molecule has 0 aromatic carbocycles. The van der Waals surface area contributed by atoms with Crippen molar-refractivity contribution >= 4 is 0 Å². The Balaban J connectivity index is 2.01. The maximum Gasteiger partial charge on any atom is 0.0145 e. The molecule has 0 bridgehead atoms. The molecule has 2 fully saturated rings. The molecule has 2 atom stereocenters. The summed E-state index contributed by atoms with van der Waals surface area (Å²) in [6.07, 6.45) is 2.77. The molecule has 2 nitrogen and oxygen atoms in total. The molecule has 2 saturated heterocycles. The number of nitrogens with zero attached hydrogens (tertiary/aromatic N) is 1. The first kappa shape index (κ1) is 6.62. The van der Waals surface area contributed by atoms with Crippen molar-refractivity contribution in [2.24, 2.45) is 5.92 Å². The van der Waals surface area contributed by atoms with Gasteiger partial charge in [0.15, 0.2) is 0 Å². The molecule has 0 spiro atoms. The van der Waals surface area contributed by atoms with Gasteiger partial charge < -0.3 is 10.2 Å². The van der Waals surface area contributed by atoms with E-state index in [0.29, 0.717) is 0 Å². The number of hydrogen-bond acceptors (Lipinski definition) is 2. The summed E-state index contributed by atoms with van der Waals surface area (Å²) >= 11 is 0. The van der Waals surface area contributed by atoms with Crippen LogP contribution in [-0.2, 0) is 0 Å². The molecule has 2 rings (SSSR count). The summed E-state index contributed by atoms with van der Waals surface area (Å²) in [6.45, 7) is 3.80. The van der Waals surface area contributed by atoms with Crippen molar-refractivity contribution in [3.8, 4) is 0 Å². The predicted molar refractivity (Wildman–Crippen MR) is 42.0 cm³/mol. The van der Waals surface area contributed by atoms with Crippen molar-refractivity contribution in [3.05, 3.63) is 0 Å². The van der Waals surface area contributed by atoms with Gasteiger partial charge in [0.1, 0.15) is 0 Å². The number of piperidine rings is 1. The molecular formula is C8H16N2. The summed E-state index contributed by atoms with van der Waals surface area (Å²) < 4.78 is 0. The fourth-order valence-electron chi connectivity index (χ4n) is 2.32. The lowest BCUT2D eigenvalue weighted by atomic mass is 9.94. The minimum absolute atomic E-state index is 0.904. The van der Waals surface area contributed by atoms with Gasteiger partial charge >= 0.3 is 0 Å². The smallest absolute Gasteiger partial charge is 0.0145 e. The molecule has 2 aliphatic rings. The highest BCUT2D eigenvalue weighted by Crippen LogP contribution is 2.26. The van der Waals surface area contributed by atoms with Crippen LogP contribution in [0, 0.1) is 5.92 Å². The lowest BCUT2D eigenvalue weighted by molar-refractivity contribution is 0.225. The lowest BCUT2D eigenvalue weighted by Gasteiger charge is -2.29. The third-order valence-corrected chi connectivity index (χ3v) is 2.99. The molecule has 0 aromatic heterocycles. The Bertz CT molecular complexity index is 122. The van der Waals surface area contributed by atoms with E-state index in [1.165, 1.54) is 32.5 Å². The Morgan fingerprint density at radius 2 is 2.30 bits per heavy atom. The molecule has 0 aromatic rings. The number of likely N-dealkylation sites (tertiary alicyclic amines) is 1. The van der Waals surface area contributed by atoms with Crippen LogP contribution in [0.2, 0.25) is 0 Å². The molecule has 0 amide bonds. The maximum absolute atomic E-state index is 3.45. The molecule has 10 heavy (non-hydrogen) atoms. The normalized spacial score (nSPS) is 41.7. The van der Waals surface area contributed by atoms with Crippen LogP contribution >= 0.6 is 0 Å². The number of hydrogen-bond donors (Lipinski definition) is 1. The number of fused-ring (bicyclic) bond motifs is 1. The van der Waals surface area contributed by atoms with E-state index in [0.717, 1.165) is 12.0 Å². The minimum Gasteiger partial charge on any atom is -0.316 e. The van der Waals surface area contributed by atoms with Gasteiger partial charge in [-0.05, 0) is 45.4 Å². The van der Waals surface area contributed by atoms with Crippen LogP contribution in [0.3, 0.4) is 0 Å². The Morgan fingerprint density at radius 1 is 1.40 bits per heavy atom. The molecule has 0 saturated carbocycles. The zero-order valence-corrected chi connectivity index (χ0v) is 6.64. The van der Waals surface area contributed by atoms with Gasteiger partial charge in [0, 0.05) is 6.04 Å². The second-order valence-corrected chi connectivity index (χ2v) is 3.59. The van der Waals surface area contributed by atoms with Gasteiger partial charge in [-0.3, -0.25) is 0 Å². The summed E-state index contributed by atoms with van der Waals surface area (Å²) in [6, 6.07) is 0.904. The molecule has 0 aliphatic carbocycles. The molecular weight excluding hydrogens is 124 g/mol. The van der Waals surface area contributed by atoms with E-state index in [1.807, 2.05) is 0 Å². The first-order valence-electron chi connectivity index (χ1n) is 4.29. The zero-order chi connectivity index (χ0) is 6.97. The summed E-state index contributed by atoms with van der Waals surface area (Å²) in [5, 5.41) is 3.45. The summed E-state index contributed by atoms with van der Waals surface area (Å²) in [5.74, 6) is 0.957. The Kier molecular flexibility index (Phi) is 1.66. The van der Waals surface area contributed by atoms with E-state index in [9.17, 15) is 0 Å². The molecule has 58 valence electrons. The molecule has 0 radical (unpaired) electrons. The summed E-state index contributed by atoms with van der Waals surface area (Å²) in [7, 11) is 2.26. The van der Waals surface area contributed by atoms with Crippen LogP contribution in [0.5, 0.6) is 0 Å². The van der Waals surface area contributed by atoms with E-state index in [2.05, 4.69) is 17.3 Å². The van der Waals surface area contributed by atoms with Crippen LogP contribution < -0.4 is 5.32 Å². The van der Waals surface area contributed by atoms with Crippen LogP contribution in [-0.4, -0.2) is 37.6 Å². The quantitative estimate of drug-likeness (QED) is 0.520. The zero-order valence-electron chi connectivity index (χ0n) is 6.64. The third-order valence-electron chi connectivity index (χ3n) is 2.99. The third kappa shape index (κ3) is 0.956. The van der Waals surface area contributed by atoms with Crippen molar-refractivity contribution < 1.29 is 0 Å². The SMILES string of the molecule is CN1CC[C@H]2CNCC[C@H]21. The van der Waals surface area contributed by atoms with Gasteiger partial charge in [0.05, 0.1) is 0 Å². The van der Waals surface area contributed by atoms with Crippen LogP contribution in [0.15, 0.2) is 0 Å². The Morgan fingerprint density at radius 3 is 3.10 bits per heavy atom. The second kappa shape index (κ2) is 2.51. The van der Waals surface area contributed by atoms with E-state index in [4.69, 9.17) is 0 Å². The largest absolute Gasteiger partial charge is 0.316 e. The second-order valence-electron chi connectivity index (χ2n) is 3.59. The van der Waals surface area contributed by atoms with Crippen LogP contribution in [0.4, 0.5) is 0 Å². The topological polar surface area (TPSA) is 15.3 Å². The van der Waals surface area contributed by atoms with E-state index in [1.54, 1.807) is 0 Å². The first-order valence-corrected chi connectivity index (χ1v) is 4.29. The van der Waals surface area contributed by atoms with Gasteiger partial charge in [-0.15, -0.1) is 0 Å². The average molecular weight is 140 g/mol. The van der Waals surface area contributed by atoms with E-state index < -0.39 is 0 Å². The van der Waals surface area contributed by atoms with Crippen LogP contribution in [0.25, 0.3) is 0 Å². The highest BCUT2D eigenvalue weighted by Gasteiger charge is 2.32. The molecule has 1 N–H and O–H groups in total. The molecule has 2 heterocycles.